The van der Waals surface area contributed by atoms with Crippen molar-refractivity contribution in [3.05, 3.63) is 55.1 Å². The third-order valence-corrected chi connectivity index (χ3v) is 3.83. The fourth-order valence-electron chi connectivity index (χ4n) is 2.30. The van der Waals surface area contributed by atoms with E-state index in [2.05, 4.69) is 25.0 Å². The average Bonchev–Trinajstić information content (AvgIpc) is 2.46. The van der Waals surface area contributed by atoms with Crippen molar-refractivity contribution >= 4 is 0 Å². The van der Waals surface area contributed by atoms with E-state index >= 15 is 0 Å². The number of nitrogens with two attached hydrogens (primary N) is 1. The summed E-state index contributed by atoms with van der Waals surface area (Å²) in [5, 5.41) is 0. The maximum atomic E-state index is 6.60. The molecule has 110 valence electrons. The molecule has 0 heterocycles. The Bertz CT molecular complexity index is 444. The maximum absolute atomic E-state index is 6.60. The van der Waals surface area contributed by atoms with Gasteiger partial charge in [-0.2, -0.15) is 0 Å². The highest BCUT2D eigenvalue weighted by Gasteiger charge is 2.32. The van der Waals surface area contributed by atoms with E-state index in [1.165, 1.54) is 0 Å². The van der Waals surface area contributed by atoms with Gasteiger partial charge in [0.15, 0.2) is 0 Å². The summed E-state index contributed by atoms with van der Waals surface area (Å²) in [6.07, 6.45) is 3.78. The highest BCUT2D eigenvalue weighted by Crippen LogP contribution is 2.28. The lowest BCUT2D eigenvalue weighted by atomic mass is 9.85. The Kier molecular flexibility index (Phi) is 5.99. The van der Waals surface area contributed by atoms with Gasteiger partial charge in [0.1, 0.15) is 5.75 Å². The van der Waals surface area contributed by atoms with Crippen molar-refractivity contribution in [2.45, 2.75) is 25.4 Å². The summed E-state index contributed by atoms with van der Waals surface area (Å²) in [4.78, 5) is 2.25. The standard InChI is InChI=1S/C17H26N2O/c1-6-11-19(12-7-2)14(3)17(4,18)15-9-8-10-16(13-15)20-5/h6-10,13-14H,1-2,11-12,18H2,3-5H3. The Morgan fingerprint density at radius 3 is 2.45 bits per heavy atom. The van der Waals surface area contributed by atoms with Crippen LogP contribution in [0.3, 0.4) is 0 Å². The molecule has 1 aromatic carbocycles. The molecule has 3 nitrogen and oxygen atoms in total. The van der Waals surface area contributed by atoms with Gasteiger partial charge in [-0.25, -0.2) is 0 Å². The topological polar surface area (TPSA) is 38.5 Å². The molecule has 2 atom stereocenters. The summed E-state index contributed by atoms with van der Waals surface area (Å²) in [5.74, 6) is 0.824. The summed E-state index contributed by atoms with van der Waals surface area (Å²) < 4.78 is 5.28. The van der Waals surface area contributed by atoms with Gasteiger partial charge in [0.2, 0.25) is 0 Å². The largest absolute Gasteiger partial charge is 0.497 e. The summed E-state index contributed by atoms with van der Waals surface area (Å²) >= 11 is 0. The smallest absolute Gasteiger partial charge is 0.119 e. The van der Waals surface area contributed by atoms with Crippen molar-refractivity contribution in [3.8, 4) is 5.75 Å². The first kappa shape index (κ1) is 16.5. The third kappa shape index (κ3) is 3.71. The molecule has 0 aromatic heterocycles. The Hall–Kier alpha value is -1.58. The van der Waals surface area contributed by atoms with Crippen molar-refractivity contribution in [1.82, 2.24) is 4.90 Å². The van der Waals surface area contributed by atoms with Crippen LogP contribution in [0.5, 0.6) is 5.75 Å². The molecule has 0 radical (unpaired) electrons. The first-order valence-corrected chi connectivity index (χ1v) is 6.86. The second-order valence-corrected chi connectivity index (χ2v) is 5.22. The van der Waals surface area contributed by atoms with Gasteiger partial charge in [-0.05, 0) is 31.5 Å². The Morgan fingerprint density at radius 2 is 1.95 bits per heavy atom. The van der Waals surface area contributed by atoms with E-state index in [1.807, 2.05) is 43.3 Å². The van der Waals surface area contributed by atoms with Gasteiger partial charge in [-0.15, -0.1) is 13.2 Å². The van der Waals surface area contributed by atoms with Gasteiger partial charge >= 0.3 is 0 Å². The molecule has 0 amide bonds. The zero-order chi connectivity index (χ0) is 15.2. The number of hydrogen-bond donors (Lipinski definition) is 1. The fourth-order valence-corrected chi connectivity index (χ4v) is 2.30. The van der Waals surface area contributed by atoms with Crippen LogP contribution < -0.4 is 10.5 Å². The second-order valence-electron chi connectivity index (χ2n) is 5.22. The molecule has 3 heteroatoms. The van der Waals surface area contributed by atoms with Gasteiger partial charge in [-0.3, -0.25) is 4.90 Å². The lowest BCUT2D eigenvalue weighted by molar-refractivity contribution is 0.170. The number of rotatable bonds is 8. The highest BCUT2D eigenvalue weighted by atomic mass is 16.5. The molecule has 0 aliphatic carbocycles. The molecule has 0 aliphatic heterocycles. The molecule has 2 N–H and O–H groups in total. The van der Waals surface area contributed by atoms with E-state index in [4.69, 9.17) is 10.5 Å². The van der Waals surface area contributed by atoms with Crippen LogP contribution in [0.15, 0.2) is 49.6 Å². The minimum Gasteiger partial charge on any atom is -0.497 e. The van der Waals surface area contributed by atoms with Crippen LogP contribution >= 0.6 is 0 Å². The molecule has 2 unspecified atom stereocenters. The van der Waals surface area contributed by atoms with E-state index in [0.29, 0.717) is 0 Å². The molecule has 0 aliphatic rings. The number of methoxy groups -OCH3 is 1. The Balaban J connectivity index is 3.04. The van der Waals surface area contributed by atoms with Gasteiger partial charge in [0.05, 0.1) is 12.6 Å². The molecule has 20 heavy (non-hydrogen) atoms. The zero-order valence-electron chi connectivity index (χ0n) is 12.8. The monoisotopic (exact) mass is 274 g/mol. The third-order valence-electron chi connectivity index (χ3n) is 3.83. The summed E-state index contributed by atoms with van der Waals surface area (Å²) in [5.41, 5.74) is 7.17. The normalized spacial score (nSPS) is 15.4. The second kappa shape index (κ2) is 7.27. The lowest BCUT2D eigenvalue weighted by Gasteiger charge is -2.39. The van der Waals surface area contributed by atoms with Crippen molar-refractivity contribution in [1.29, 1.82) is 0 Å². The average molecular weight is 274 g/mol. The van der Waals surface area contributed by atoms with E-state index in [-0.39, 0.29) is 6.04 Å². The van der Waals surface area contributed by atoms with Crippen LogP contribution in [0.25, 0.3) is 0 Å². The molecule has 0 spiro atoms. The van der Waals surface area contributed by atoms with Crippen molar-refractivity contribution in [2.75, 3.05) is 20.2 Å². The first-order chi connectivity index (χ1) is 9.47. The molecule has 0 saturated carbocycles. The Labute approximate surface area is 122 Å². The molecule has 1 aromatic rings. The van der Waals surface area contributed by atoms with Crippen molar-refractivity contribution in [2.24, 2.45) is 5.73 Å². The molecule has 0 fully saturated rings. The van der Waals surface area contributed by atoms with Crippen molar-refractivity contribution in [3.63, 3.8) is 0 Å². The van der Waals surface area contributed by atoms with Crippen LogP contribution in [0, 0.1) is 0 Å². The van der Waals surface area contributed by atoms with Crippen LogP contribution in [-0.2, 0) is 5.54 Å². The predicted octanol–water partition coefficient (Wildman–Crippen LogP) is 2.93. The lowest BCUT2D eigenvalue weighted by Crippen LogP contribution is -2.53. The van der Waals surface area contributed by atoms with Crippen LogP contribution in [0.4, 0.5) is 0 Å². The minimum absolute atomic E-state index is 0.144. The van der Waals surface area contributed by atoms with Gasteiger partial charge in [0.25, 0.3) is 0 Å². The summed E-state index contributed by atoms with van der Waals surface area (Å²) in [6, 6.07) is 8.08. The summed E-state index contributed by atoms with van der Waals surface area (Å²) in [6.45, 7) is 13.4. The van der Waals surface area contributed by atoms with Gasteiger partial charge < -0.3 is 10.5 Å². The van der Waals surface area contributed by atoms with Crippen LogP contribution in [0.2, 0.25) is 0 Å². The van der Waals surface area contributed by atoms with Crippen LogP contribution in [0.1, 0.15) is 19.4 Å². The zero-order valence-corrected chi connectivity index (χ0v) is 12.8. The number of benzene rings is 1. The SMILES string of the molecule is C=CCN(CC=C)C(C)C(C)(N)c1cccc(OC)c1. The molecule has 0 bridgehead atoms. The number of ether oxygens (including phenoxy) is 1. The highest BCUT2D eigenvalue weighted by molar-refractivity contribution is 5.34. The van der Waals surface area contributed by atoms with E-state index in [0.717, 1.165) is 24.4 Å². The number of hydrogen-bond acceptors (Lipinski definition) is 3. The van der Waals surface area contributed by atoms with E-state index < -0.39 is 5.54 Å². The molecule has 1 rings (SSSR count). The van der Waals surface area contributed by atoms with Crippen molar-refractivity contribution < 1.29 is 4.74 Å². The van der Waals surface area contributed by atoms with E-state index in [9.17, 15) is 0 Å². The predicted molar refractivity (Wildman–Crippen MR) is 86.0 cm³/mol. The first-order valence-electron chi connectivity index (χ1n) is 6.86. The quantitative estimate of drug-likeness (QED) is 0.741. The van der Waals surface area contributed by atoms with Gasteiger partial charge in [-0.1, -0.05) is 24.3 Å². The molecular weight excluding hydrogens is 248 g/mol. The fraction of sp³-hybridized carbons (Fsp3) is 0.412. The Morgan fingerprint density at radius 1 is 1.35 bits per heavy atom. The van der Waals surface area contributed by atoms with Crippen LogP contribution in [-0.4, -0.2) is 31.1 Å². The summed E-state index contributed by atoms with van der Waals surface area (Å²) in [7, 11) is 1.66. The maximum Gasteiger partial charge on any atom is 0.119 e. The molecule has 0 saturated heterocycles. The van der Waals surface area contributed by atoms with E-state index in [1.54, 1.807) is 7.11 Å². The molecular formula is C17H26N2O. The van der Waals surface area contributed by atoms with Gasteiger partial charge in [0, 0.05) is 19.1 Å². The number of nitrogens with zero attached hydrogens (tertiary/aromatic N) is 1. The minimum atomic E-state index is -0.486.